The number of aromatic nitrogens is 2. The summed E-state index contributed by atoms with van der Waals surface area (Å²) in [6, 6.07) is 9.91. The van der Waals surface area contributed by atoms with Crippen molar-refractivity contribution < 1.29 is 17.9 Å². The molecule has 1 N–H and O–H groups in total. The maximum absolute atomic E-state index is 12.9. The van der Waals surface area contributed by atoms with Gasteiger partial charge in [0.05, 0.1) is 12.2 Å². The van der Waals surface area contributed by atoms with Gasteiger partial charge in [-0.15, -0.1) is 0 Å². The van der Waals surface area contributed by atoms with Crippen LogP contribution in [0.5, 0.6) is 0 Å². The fraction of sp³-hybridized carbons (Fsp3) is 0.444. The Morgan fingerprint density at radius 1 is 1.19 bits per heavy atom. The largest absolute Gasteiger partial charge is 0.451 e. The molecule has 1 aromatic heterocycles. The number of halogens is 4. The number of hydrogen-bond donors (Lipinski definition) is 1. The lowest BCUT2D eigenvalue weighted by Crippen LogP contribution is -2.29. The van der Waals surface area contributed by atoms with Crippen molar-refractivity contribution in [3.63, 3.8) is 0 Å². The van der Waals surface area contributed by atoms with E-state index in [2.05, 4.69) is 15.3 Å². The highest BCUT2D eigenvalue weighted by Gasteiger charge is 2.36. The molecule has 3 rings (SSSR count). The van der Waals surface area contributed by atoms with E-state index in [1.807, 2.05) is 30.3 Å². The van der Waals surface area contributed by atoms with Crippen LogP contribution in [0.2, 0.25) is 5.15 Å². The van der Waals surface area contributed by atoms with E-state index in [9.17, 15) is 13.2 Å². The number of nitrogens with one attached hydrogen (secondary N) is 1. The Hall–Kier alpha value is -1.86. The van der Waals surface area contributed by atoms with E-state index in [1.54, 1.807) is 6.92 Å². The predicted octanol–water partition coefficient (Wildman–Crippen LogP) is 5.18. The molecule has 4 nitrogen and oxygen atoms in total. The quantitative estimate of drug-likeness (QED) is 0.737. The lowest BCUT2D eigenvalue weighted by Gasteiger charge is -2.31. The molecule has 0 radical (unpaired) electrons. The second kappa shape index (κ2) is 7.80. The molecule has 0 saturated carbocycles. The van der Waals surface area contributed by atoms with Crippen molar-refractivity contribution in [3.05, 3.63) is 52.4 Å². The highest BCUT2D eigenvalue weighted by Crippen LogP contribution is 2.32. The summed E-state index contributed by atoms with van der Waals surface area (Å²) in [4.78, 5) is 6.89. The summed E-state index contributed by atoms with van der Waals surface area (Å²) in [7, 11) is 0. The van der Waals surface area contributed by atoms with E-state index in [0.717, 1.165) is 24.8 Å². The van der Waals surface area contributed by atoms with E-state index in [4.69, 9.17) is 16.3 Å². The minimum Gasteiger partial charge on any atom is -0.368 e. The SMILES string of the molecule is Cc1c(Cl)nc(C(F)(F)F)nc1NC[C@H]1CCC[C@@H](c2ccccc2)O1. The fourth-order valence-electron chi connectivity index (χ4n) is 2.96. The molecule has 2 aromatic rings. The van der Waals surface area contributed by atoms with E-state index in [-0.39, 0.29) is 23.2 Å². The summed E-state index contributed by atoms with van der Waals surface area (Å²) in [5.74, 6) is -1.16. The summed E-state index contributed by atoms with van der Waals surface area (Å²) >= 11 is 5.83. The van der Waals surface area contributed by atoms with Gasteiger partial charge in [-0.25, -0.2) is 9.97 Å². The van der Waals surface area contributed by atoms with Gasteiger partial charge in [-0.05, 0) is 31.7 Å². The summed E-state index contributed by atoms with van der Waals surface area (Å²) < 4.78 is 44.7. The Balaban J connectivity index is 1.68. The van der Waals surface area contributed by atoms with Crippen molar-refractivity contribution in [2.75, 3.05) is 11.9 Å². The number of ether oxygens (including phenoxy) is 1. The van der Waals surface area contributed by atoms with Crippen molar-refractivity contribution in [1.82, 2.24) is 9.97 Å². The molecule has 0 amide bonds. The molecule has 2 heterocycles. The molecule has 1 aliphatic heterocycles. The lowest BCUT2D eigenvalue weighted by molar-refractivity contribution is -0.144. The van der Waals surface area contributed by atoms with Gasteiger partial charge in [0.25, 0.3) is 0 Å². The topological polar surface area (TPSA) is 47.0 Å². The number of benzene rings is 1. The first-order chi connectivity index (χ1) is 12.3. The molecule has 8 heteroatoms. The van der Waals surface area contributed by atoms with E-state index in [0.29, 0.717) is 12.1 Å². The molecule has 1 aliphatic rings. The van der Waals surface area contributed by atoms with Gasteiger partial charge < -0.3 is 10.1 Å². The van der Waals surface area contributed by atoms with E-state index < -0.39 is 12.0 Å². The molecule has 0 aliphatic carbocycles. The standard InChI is InChI=1S/C18H19ClF3N3O/c1-11-15(19)24-17(18(20,21)22)25-16(11)23-10-13-8-5-9-14(26-13)12-6-3-2-4-7-12/h2-4,6-7,13-14H,5,8-10H2,1H3,(H,23,24,25)/t13-,14+/m1/s1. The Morgan fingerprint density at radius 2 is 1.92 bits per heavy atom. The predicted molar refractivity (Wildman–Crippen MR) is 93.2 cm³/mol. The Morgan fingerprint density at radius 3 is 2.62 bits per heavy atom. The van der Waals surface area contributed by atoms with Crippen LogP contribution in [0.1, 0.15) is 42.3 Å². The van der Waals surface area contributed by atoms with Crippen LogP contribution < -0.4 is 5.32 Å². The number of alkyl halides is 3. The third kappa shape index (κ3) is 4.45. The molecule has 140 valence electrons. The first-order valence-electron chi connectivity index (χ1n) is 8.40. The smallest absolute Gasteiger partial charge is 0.368 e. The highest BCUT2D eigenvalue weighted by molar-refractivity contribution is 6.30. The van der Waals surface area contributed by atoms with Crippen LogP contribution in [0.25, 0.3) is 0 Å². The van der Waals surface area contributed by atoms with Crippen molar-refractivity contribution in [2.45, 2.75) is 44.6 Å². The van der Waals surface area contributed by atoms with Gasteiger partial charge in [-0.1, -0.05) is 41.9 Å². The van der Waals surface area contributed by atoms with Crippen LogP contribution in [0.15, 0.2) is 30.3 Å². The van der Waals surface area contributed by atoms with Crippen LogP contribution >= 0.6 is 11.6 Å². The Kier molecular flexibility index (Phi) is 5.67. The number of rotatable bonds is 4. The van der Waals surface area contributed by atoms with Gasteiger partial charge in [0, 0.05) is 12.1 Å². The van der Waals surface area contributed by atoms with Crippen LogP contribution in [0.3, 0.4) is 0 Å². The highest BCUT2D eigenvalue weighted by atomic mass is 35.5. The molecule has 1 saturated heterocycles. The van der Waals surface area contributed by atoms with Crippen LogP contribution in [0, 0.1) is 6.92 Å². The Bertz CT molecular complexity index is 755. The monoisotopic (exact) mass is 385 g/mol. The molecule has 0 bridgehead atoms. The van der Waals surface area contributed by atoms with Gasteiger partial charge in [-0.3, -0.25) is 0 Å². The Labute approximate surface area is 154 Å². The van der Waals surface area contributed by atoms with Gasteiger partial charge >= 0.3 is 6.18 Å². The molecule has 0 unspecified atom stereocenters. The zero-order valence-electron chi connectivity index (χ0n) is 14.2. The van der Waals surface area contributed by atoms with E-state index >= 15 is 0 Å². The lowest BCUT2D eigenvalue weighted by atomic mass is 9.98. The first kappa shape index (κ1) is 18.9. The van der Waals surface area contributed by atoms with Crippen molar-refractivity contribution in [2.24, 2.45) is 0 Å². The second-order valence-corrected chi connectivity index (χ2v) is 6.64. The number of anilines is 1. The minimum atomic E-state index is -4.65. The molecule has 0 spiro atoms. The summed E-state index contributed by atoms with van der Waals surface area (Å²) in [6.07, 6.45) is -2.01. The maximum Gasteiger partial charge on any atom is 0.451 e. The van der Waals surface area contributed by atoms with Gasteiger partial charge in [0.15, 0.2) is 0 Å². The fourth-order valence-corrected chi connectivity index (χ4v) is 3.13. The second-order valence-electron chi connectivity index (χ2n) is 6.28. The summed E-state index contributed by atoms with van der Waals surface area (Å²) in [5, 5.41) is 2.74. The van der Waals surface area contributed by atoms with Gasteiger partial charge in [0.2, 0.25) is 5.82 Å². The first-order valence-corrected chi connectivity index (χ1v) is 8.78. The van der Waals surface area contributed by atoms with Crippen molar-refractivity contribution in [1.29, 1.82) is 0 Å². The van der Waals surface area contributed by atoms with Gasteiger partial charge in [-0.2, -0.15) is 13.2 Å². The molecular weight excluding hydrogens is 367 g/mol. The average Bonchev–Trinajstić information content (AvgIpc) is 2.63. The van der Waals surface area contributed by atoms with Crippen LogP contribution in [0.4, 0.5) is 19.0 Å². The van der Waals surface area contributed by atoms with Crippen LogP contribution in [-0.4, -0.2) is 22.6 Å². The molecular formula is C18H19ClF3N3O. The minimum absolute atomic E-state index is 0.00225. The van der Waals surface area contributed by atoms with Crippen LogP contribution in [-0.2, 0) is 10.9 Å². The summed E-state index contributed by atoms with van der Waals surface area (Å²) in [6.45, 7) is 1.94. The zero-order chi connectivity index (χ0) is 18.7. The third-order valence-corrected chi connectivity index (χ3v) is 4.73. The molecule has 1 fully saturated rings. The third-order valence-electron chi connectivity index (χ3n) is 4.36. The number of nitrogens with zero attached hydrogens (tertiary/aromatic N) is 2. The number of hydrogen-bond acceptors (Lipinski definition) is 4. The molecule has 1 aromatic carbocycles. The average molecular weight is 386 g/mol. The zero-order valence-corrected chi connectivity index (χ0v) is 14.9. The van der Waals surface area contributed by atoms with Gasteiger partial charge in [0.1, 0.15) is 11.0 Å². The molecule has 26 heavy (non-hydrogen) atoms. The normalized spacial score (nSPS) is 20.8. The van der Waals surface area contributed by atoms with E-state index in [1.165, 1.54) is 0 Å². The summed E-state index contributed by atoms with van der Waals surface area (Å²) in [5.41, 5.74) is 1.49. The maximum atomic E-state index is 12.9. The van der Waals surface area contributed by atoms with Crippen molar-refractivity contribution in [3.8, 4) is 0 Å². The van der Waals surface area contributed by atoms with Crippen molar-refractivity contribution >= 4 is 17.4 Å². The molecule has 2 atom stereocenters.